The van der Waals surface area contributed by atoms with Crippen LogP contribution in [0.5, 0.6) is 5.88 Å². The molecule has 0 atom stereocenters. The lowest BCUT2D eigenvalue weighted by molar-refractivity contribution is 0.134. The van der Waals surface area contributed by atoms with E-state index < -0.39 is 0 Å². The van der Waals surface area contributed by atoms with Gasteiger partial charge in [0.05, 0.1) is 12.3 Å². The van der Waals surface area contributed by atoms with Gasteiger partial charge in [-0.05, 0) is 49.5 Å². The Morgan fingerprint density at radius 2 is 1.74 bits per heavy atom. The fourth-order valence-corrected chi connectivity index (χ4v) is 3.45. The second-order valence-electron chi connectivity index (χ2n) is 6.99. The molecule has 0 spiro atoms. The molecule has 0 amide bonds. The third-order valence-corrected chi connectivity index (χ3v) is 5.04. The number of hydrogen-bond donors (Lipinski definition) is 0. The minimum absolute atomic E-state index is 0.578. The topological polar surface area (TPSA) is 51.1 Å². The highest BCUT2D eigenvalue weighted by Gasteiger charge is 2.20. The Kier molecular flexibility index (Phi) is 5.70. The highest BCUT2D eigenvalue weighted by molar-refractivity contribution is 5.59. The van der Waals surface area contributed by atoms with Crippen LogP contribution >= 0.6 is 0 Å². The Morgan fingerprint density at radius 3 is 2.52 bits per heavy atom. The number of ether oxygens (including phenoxy) is 1. The van der Waals surface area contributed by atoms with Crippen molar-refractivity contribution in [2.45, 2.75) is 19.4 Å². The molecule has 0 aliphatic carbocycles. The second kappa shape index (κ2) is 8.73. The number of pyridine rings is 1. The SMILES string of the molecule is c1ccc(-c2cc(OCC3CCN(Cc4ccncc4)CC3)ncn2)cc1. The van der Waals surface area contributed by atoms with Gasteiger partial charge in [-0.25, -0.2) is 9.97 Å². The van der Waals surface area contributed by atoms with Gasteiger partial charge in [0.25, 0.3) is 0 Å². The van der Waals surface area contributed by atoms with Crippen LogP contribution in [0.2, 0.25) is 0 Å². The maximum absolute atomic E-state index is 5.98. The molecule has 1 fully saturated rings. The second-order valence-corrected chi connectivity index (χ2v) is 6.99. The Labute approximate surface area is 160 Å². The van der Waals surface area contributed by atoms with Crippen molar-refractivity contribution in [3.63, 3.8) is 0 Å². The first-order valence-electron chi connectivity index (χ1n) is 9.48. The number of nitrogens with zero attached hydrogens (tertiary/aromatic N) is 4. The molecule has 3 aromatic rings. The van der Waals surface area contributed by atoms with E-state index in [-0.39, 0.29) is 0 Å². The van der Waals surface area contributed by atoms with Crippen LogP contribution in [0.25, 0.3) is 11.3 Å². The maximum Gasteiger partial charge on any atom is 0.216 e. The normalized spacial score (nSPS) is 15.6. The number of likely N-dealkylation sites (tertiary alicyclic amines) is 1. The van der Waals surface area contributed by atoms with E-state index in [2.05, 4.69) is 32.0 Å². The summed E-state index contributed by atoms with van der Waals surface area (Å²) in [6, 6.07) is 16.2. The van der Waals surface area contributed by atoms with Gasteiger partial charge in [0, 0.05) is 30.6 Å². The van der Waals surface area contributed by atoms with Crippen LogP contribution in [0.1, 0.15) is 18.4 Å². The van der Waals surface area contributed by atoms with Crippen molar-refractivity contribution in [3.8, 4) is 17.1 Å². The zero-order chi connectivity index (χ0) is 18.3. The summed E-state index contributed by atoms with van der Waals surface area (Å²) in [5.41, 5.74) is 3.30. The summed E-state index contributed by atoms with van der Waals surface area (Å²) in [4.78, 5) is 15.2. The first-order chi connectivity index (χ1) is 13.4. The molecule has 0 N–H and O–H groups in total. The molecule has 1 saturated heterocycles. The molecule has 138 valence electrons. The highest BCUT2D eigenvalue weighted by Crippen LogP contribution is 2.22. The van der Waals surface area contributed by atoms with Gasteiger partial charge in [0.15, 0.2) is 0 Å². The van der Waals surface area contributed by atoms with Crippen LogP contribution in [-0.4, -0.2) is 39.5 Å². The van der Waals surface area contributed by atoms with Crippen molar-refractivity contribution in [1.82, 2.24) is 19.9 Å². The minimum atomic E-state index is 0.578. The molecule has 0 unspecified atom stereocenters. The van der Waals surface area contributed by atoms with E-state index in [0.29, 0.717) is 18.4 Å². The summed E-state index contributed by atoms with van der Waals surface area (Å²) in [5.74, 6) is 1.23. The van der Waals surface area contributed by atoms with Crippen LogP contribution < -0.4 is 4.74 Å². The largest absolute Gasteiger partial charge is 0.477 e. The zero-order valence-corrected chi connectivity index (χ0v) is 15.4. The third-order valence-electron chi connectivity index (χ3n) is 5.04. The quantitative estimate of drug-likeness (QED) is 0.669. The lowest BCUT2D eigenvalue weighted by Crippen LogP contribution is -2.35. The Balaban J connectivity index is 1.27. The van der Waals surface area contributed by atoms with Crippen molar-refractivity contribution in [2.24, 2.45) is 5.92 Å². The molecule has 5 heteroatoms. The molecule has 1 aromatic carbocycles. The van der Waals surface area contributed by atoms with Gasteiger partial charge < -0.3 is 4.74 Å². The Bertz CT molecular complexity index is 833. The molecule has 0 radical (unpaired) electrons. The van der Waals surface area contributed by atoms with Gasteiger partial charge in [0.1, 0.15) is 6.33 Å². The average Bonchev–Trinajstić information content (AvgIpc) is 2.75. The fourth-order valence-electron chi connectivity index (χ4n) is 3.45. The van der Waals surface area contributed by atoms with Crippen LogP contribution in [0.15, 0.2) is 67.3 Å². The smallest absolute Gasteiger partial charge is 0.216 e. The predicted molar refractivity (Wildman–Crippen MR) is 105 cm³/mol. The van der Waals surface area contributed by atoms with Gasteiger partial charge in [-0.15, -0.1) is 0 Å². The first-order valence-corrected chi connectivity index (χ1v) is 9.48. The van der Waals surface area contributed by atoms with Crippen molar-refractivity contribution >= 4 is 0 Å². The van der Waals surface area contributed by atoms with Crippen LogP contribution in [-0.2, 0) is 6.54 Å². The van der Waals surface area contributed by atoms with E-state index in [0.717, 1.165) is 43.7 Å². The zero-order valence-electron chi connectivity index (χ0n) is 15.4. The van der Waals surface area contributed by atoms with E-state index in [1.54, 1.807) is 6.33 Å². The van der Waals surface area contributed by atoms with Gasteiger partial charge in [0.2, 0.25) is 5.88 Å². The molecule has 1 aliphatic heterocycles. The summed E-state index contributed by atoms with van der Waals surface area (Å²) < 4.78 is 5.98. The van der Waals surface area contributed by atoms with Crippen LogP contribution in [0.4, 0.5) is 0 Å². The Morgan fingerprint density at radius 1 is 0.963 bits per heavy atom. The minimum Gasteiger partial charge on any atom is -0.477 e. The molecule has 0 bridgehead atoms. The molecule has 4 rings (SSSR count). The molecule has 3 heterocycles. The third kappa shape index (κ3) is 4.89. The molecular weight excluding hydrogens is 336 g/mol. The lowest BCUT2D eigenvalue weighted by Gasteiger charge is -2.31. The number of benzene rings is 1. The maximum atomic E-state index is 5.98. The fraction of sp³-hybridized carbons (Fsp3) is 0.318. The van der Waals surface area contributed by atoms with Gasteiger partial charge in [-0.3, -0.25) is 9.88 Å². The molecule has 1 aliphatic rings. The molecule has 2 aromatic heterocycles. The van der Waals surface area contributed by atoms with Gasteiger partial charge in [-0.2, -0.15) is 0 Å². The number of aromatic nitrogens is 3. The molecule has 27 heavy (non-hydrogen) atoms. The standard InChI is InChI=1S/C22H24N4O/c1-2-4-20(5-3-1)21-14-22(25-17-24-21)27-16-19-8-12-26(13-9-19)15-18-6-10-23-11-7-18/h1-7,10-11,14,17,19H,8-9,12-13,15-16H2. The van der Waals surface area contributed by atoms with E-state index >= 15 is 0 Å². The highest BCUT2D eigenvalue weighted by atomic mass is 16.5. The van der Waals surface area contributed by atoms with Crippen LogP contribution in [0.3, 0.4) is 0 Å². The molecular formula is C22H24N4O. The summed E-state index contributed by atoms with van der Waals surface area (Å²) in [7, 11) is 0. The van der Waals surface area contributed by atoms with Crippen molar-refractivity contribution in [1.29, 1.82) is 0 Å². The van der Waals surface area contributed by atoms with E-state index in [1.165, 1.54) is 5.56 Å². The number of rotatable bonds is 6. The number of piperidine rings is 1. The van der Waals surface area contributed by atoms with Crippen molar-refractivity contribution in [2.75, 3.05) is 19.7 Å². The average molecular weight is 360 g/mol. The van der Waals surface area contributed by atoms with E-state index in [1.807, 2.05) is 48.8 Å². The molecule has 0 saturated carbocycles. The van der Waals surface area contributed by atoms with E-state index in [4.69, 9.17) is 4.74 Å². The lowest BCUT2D eigenvalue weighted by atomic mass is 9.97. The summed E-state index contributed by atoms with van der Waals surface area (Å²) in [5, 5.41) is 0. The van der Waals surface area contributed by atoms with Gasteiger partial charge in [-0.1, -0.05) is 30.3 Å². The predicted octanol–water partition coefficient (Wildman–Crippen LogP) is 3.83. The summed E-state index contributed by atoms with van der Waals surface area (Å²) in [6.45, 7) is 3.93. The van der Waals surface area contributed by atoms with Crippen LogP contribution in [0, 0.1) is 5.92 Å². The monoisotopic (exact) mass is 360 g/mol. The summed E-state index contributed by atoms with van der Waals surface area (Å²) >= 11 is 0. The first kappa shape index (κ1) is 17.6. The Hall–Kier alpha value is -2.79. The molecule has 5 nitrogen and oxygen atoms in total. The van der Waals surface area contributed by atoms with E-state index in [9.17, 15) is 0 Å². The van der Waals surface area contributed by atoms with Crippen molar-refractivity contribution in [3.05, 3.63) is 72.8 Å². The number of hydrogen-bond acceptors (Lipinski definition) is 5. The van der Waals surface area contributed by atoms with Crippen molar-refractivity contribution < 1.29 is 4.74 Å². The van der Waals surface area contributed by atoms with Gasteiger partial charge >= 0.3 is 0 Å². The summed E-state index contributed by atoms with van der Waals surface area (Å²) in [6.07, 6.45) is 7.61.